The van der Waals surface area contributed by atoms with Crippen molar-refractivity contribution in [3.05, 3.63) is 47.7 Å². The van der Waals surface area contributed by atoms with Gasteiger partial charge in [0.1, 0.15) is 5.76 Å². The molecule has 1 aromatic carbocycles. The molecule has 1 unspecified atom stereocenters. The van der Waals surface area contributed by atoms with Crippen molar-refractivity contribution < 1.29 is 24.9 Å². The van der Waals surface area contributed by atoms with Gasteiger partial charge >= 0.3 is 5.97 Å². The van der Waals surface area contributed by atoms with Gasteiger partial charge in [-0.25, -0.2) is 4.79 Å². The van der Waals surface area contributed by atoms with Crippen LogP contribution in [0.2, 0.25) is 0 Å². The standard InChI is InChI=1S/C16H20O5.C2H6/c1-3-5-12(6-4-2)21-15(16(19)20)10-11-7-8-13(17)14(18)9-11;1-2/h3,5-9,15,17-18H,4,10H2,1-2H3,(H,19,20);1-2H3/b5-3+,12-6+;. The number of carboxylic acid groups (broad SMARTS) is 1. The average molecular weight is 322 g/mol. The fourth-order valence-electron chi connectivity index (χ4n) is 1.77. The van der Waals surface area contributed by atoms with Crippen molar-refractivity contribution in [1.82, 2.24) is 0 Å². The number of benzene rings is 1. The molecule has 1 rings (SSSR count). The van der Waals surface area contributed by atoms with Crippen LogP contribution in [0.5, 0.6) is 11.5 Å². The predicted molar refractivity (Wildman–Crippen MR) is 90.5 cm³/mol. The molecule has 0 saturated heterocycles. The minimum atomic E-state index is -1.09. The Morgan fingerprint density at radius 3 is 2.39 bits per heavy atom. The lowest BCUT2D eigenvalue weighted by Crippen LogP contribution is -2.26. The van der Waals surface area contributed by atoms with E-state index < -0.39 is 12.1 Å². The van der Waals surface area contributed by atoms with Crippen LogP contribution in [0.3, 0.4) is 0 Å². The normalized spacial score (nSPS) is 12.4. The van der Waals surface area contributed by atoms with Crippen molar-refractivity contribution in [1.29, 1.82) is 0 Å². The lowest BCUT2D eigenvalue weighted by atomic mass is 10.1. The van der Waals surface area contributed by atoms with Crippen molar-refractivity contribution in [2.45, 2.75) is 46.6 Å². The van der Waals surface area contributed by atoms with Crippen LogP contribution in [0.25, 0.3) is 0 Å². The van der Waals surface area contributed by atoms with Gasteiger partial charge in [0.2, 0.25) is 0 Å². The van der Waals surface area contributed by atoms with E-state index in [1.54, 1.807) is 24.3 Å². The summed E-state index contributed by atoms with van der Waals surface area (Å²) >= 11 is 0. The molecule has 3 N–H and O–H groups in total. The number of ether oxygens (including phenoxy) is 1. The molecule has 0 amide bonds. The first-order chi connectivity index (χ1) is 11.0. The number of phenols is 2. The van der Waals surface area contributed by atoms with Crippen LogP contribution < -0.4 is 0 Å². The first kappa shape index (κ1) is 20.6. The second kappa shape index (κ2) is 11.2. The molecule has 0 aliphatic carbocycles. The summed E-state index contributed by atoms with van der Waals surface area (Å²) in [6, 6.07) is 4.19. The summed E-state index contributed by atoms with van der Waals surface area (Å²) in [5.74, 6) is -1.12. The second-order valence-corrected chi connectivity index (χ2v) is 4.49. The molecule has 0 heterocycles. The summed E-state index contributed by atoms with van der Waals surface area (Å²) in [5.41, 5.74) is 0.564. The fourth-order valence-corrected chi connectivity index (χ4v) is 1.77. The van der Waals surface area contributed by atoms with Crippen molar-refractivity contribution in [3.63, 3.8) is 0 Å². The SMILES string of the molecule is C/C=C/C(=C\CC)OC(Cc1ccc(O)c(O)c1)C(=O)O.CC. The molecule has 0 fully saturated rings. The third kappa shape index (κ3) is 7.40. The van der Waals surface area contributed by atoms with E-state index >= 15 is 0 Å². The topological polar surface area (TPSA) is 87.0 Å². The van der Waals surface area contributed by atoms with E-state index in [0.717, 1.165) is 6.42 Å². The largest absolute Gasteiger partial charge is 0.504 e. The minimum Gasteiger partial charge on any atom is -0.504 e. The van der Waals surface area contributed by atoms with Crippen molar-refractivity contribution in [2.24, 2.45) is 0 Å². The molecule has 0 bridgehead atoms. The van der Waals surface area contributed by atoms with Crippen molar-refractivity contribution in [2.75, 3.05) is 0 Å². The van der Waals surface area contributed by atoms with Crippen LogP contribution in [0.15, 0.2) is 42.2 Å². The number of hydrogen-bond donors (Lipinski definition) is 3. The van der Waals surface area contributed by atoms with Crippen molar-refractivity contribution >= 4 is 5.97 Å². The number of phenolic OH excluding ortho intramolecular Hbond substituents is 2. The van der Waals surface area contributed by atoms with Gasteiger partial charge in [-0.15, -0.1) is 0 Å². The highest BCUT2D eigenvalue weighted by atomic mass is 16.5. The zero-order valence-electron chi connectivity index (χ0n) is 14.1. The molecule has 0 radical (unpaired) electrons. The molecule has 0 saturated carbocycles. The molecule has 5 heteroatoms. The third-order valence-electron chi connectivity index (χ3n) is 2.75. The molecule has 5 nitrogen and oxygen atoms in total. The maximum atomic E-state index is 11.3. The molecule has 1 atom stereocenters. The zero-order valence-corrected chi connectivity index (χ0v) is 14.1. The van der Waals surface area contributed by atoms with Crippen LogP contribution in [0.1, 0.15) is 39.7 Å². The minimum absolute atomic E-state index is 0.0851. The highest BCUT2D eigenvalue weighted by Gasteiger charge is 2.21. The molecule has 23 heavy (non-hydrogen) atoms. The molecule has 0 aromatic heterocycles. The van der Waals surface area contributed by atoms with E-state index in [-0.39, 0.29) is 17.9 Å². The van der Waals surface area contributed by atoms with Crippen LogP contribution in [0.4, 0.5) is 0 Å². The van der Waals surface area contributed by atoms with Gasteiger partial charge < -0.3 is 20.1 Å². The Kier molecular flexibility index (Phi) is 10.00. The van der Waals surface area contributed by atoms with Crippen LogP contribution in [0, 0.1) is 0 Å². The summed E-state index contributed by atoms with van der Waals surface area (Å²) in [6.07, 6.45) is 5.02. The number of rotatable bonds is 7. The Balaban J connectivity index is 0.00000232. The van der Waals surface area contributed by atoms with Crippen molar-refractivity contribution in [3.8, 4) is 11.5 Å². The van der Waals surface area contributed by atoms with E-state index in [4.69, 9.17) is 4.74 Å². The summed E-state index contributed by atoms with van der Waals surface area (Å²) in [5, 5.41) is 28.0. The fraction of sp³-hybridized carbons (Fsp3) is 0.389. The monoisotopic (exact) mass is 322 g/mol. The molecule has 1 aromatic rings. The predicted octanol–water partition coefficient (Wildman–Crippen LogP) is 4.01. The quantitative estimate of drug-likeness (QED) is 0.401. The number of aromatic hydroxyl groups is 2. The van der Waals surface area contributed by atoms with Gasteiger partial charge in [0.05, 0.1) is 0 Å². The Morgan fingerprint density at radius 1 is 1.26 bits per heavy atom. The van der Waals surface area contributed by atoms with Gasteiger partial charge in [0.15, 0.2) is 17.6 Å². The number of hydrogen-bond acceptors (Lipinski definition) is 4. The molecule has 0 aliphatic rings. The summed E-state index contributed by atoms with van der Waals surface area (Å²) in [7, 11) is 0. The third-order valence-corrected chi connectivity index (χ3v) is 2.75. The lowest BCUT2D eigenvalue weighted by Gasteiger charge is -2.16. The number of allylic oxidation sites excluding steroid dienone is 3. The van der Waals surface area contributed by atoms with E-state index in [1.807, 2.05) is 27.7 Å². The maximum Gasteiger partial charge on any atom is 0.345 e. The Labute approximate surface area is 137 Å². The molecule has 0 aliphatic heterocycles. The van der Waals surface area contributed by atoms with Crippen LogP contribution in [-0.2, 0) is 16.0 Å². The van der Waals surface area contributed by atoms with E-state index in [9.17, 15) is 20.1 Å². The number of carboxylic acids is 1. The lowest BCUT2D eigenvalue weighted by molar-refractivity contribution is -0.147. The highest BCUT2D eigenvalue weighted by Crippen LogP contribution is 2.26. The van der Waals surface area contributed by atoms with E-state index in [1.165, 1.54) is 12.1 Å². The molecular formula is C18H26O5. The Hall–Kier alpha value is -2.43. The summed E-state index contributed by atoms with van der Waals surface area (Å²) < 4.78 is 5.50. The van der Waals surface area contributed by atoms with Crippen LogP contribution in [-0.4, -0.2) is 27.4 Å². The van der Waals surface area contributed by atoms with Gasteiger partial charge in [-0.05, 0) is 43.2 Å². The van der Waals surface area contributed by atoms with E-state index in [2.05, 4.69) is 0 Å². The first-order valence-corrected chi connectivity index (χ1v) is 7.71. The smallest absolute Gasteiger partial charge is 0.345 e. The maximum absolute atomic E-state index is 11.3. The summed E-state index contributed by atoms with van der Waals surface area (Å²) in [6.45, 7) is 7.75. The van der Waals surface area contributed by atoms with Gasteiger partial charge in [0, 0.05) is 6.42 Å². The average Bonchev–Trinajstić information content (AvgIpc) is 2.52. The van der Waals surface area contributed by atoms with Gasteiger partial charge in [-0.2, -0.15) is 0 Å². The van der Waals surface area contributed by atoms with Crippen LogP contribution >= 0.6 is 0 Å². The van der Waals surface area contributed by atoms with E-state index in [0.29, 0.717) is 11.3 Å². The summed E-state index contributed by atoms with van der Waals surface area (Å²) in [4.78, 5) is 11.3. The Morgan fingerprint density at radius 2 is 1.91 bits per heavy atom. The second-order valence-electron chi connectivity index (χ2n) is 4.49. The molecular weight excluding hydrogens is 296 g/mol. The Bertz CT molecular complexity index is 546. The molecule has 128 valence electrons. The van der Waals surface area contributed by atoms with Gasteiger partial charge in [-0.3, -0.25) is 0 Å². The zero-order chi connectivity index (χ0) is 17.8. The van der Waals surface area contributed by atoms with Gasteiger partial charge in [0.25, 0.3) is 0 Å². The van der Waals surface area contributed by atoms with Gasteiger partial charge in [-0.1, -0.05) is 32.9 Å². The first-order valence-electron chi connectivity index (χ1n) is 7.71. The number of carbonyl (C=O) groups is 1. The highest BCUT2D eigenvalue weighted by molar-refractivity contribution is 5.73. The number of aliphatic carboxylic acids is 1. The molecule has 0 spiro atoms.